The van der Waals surface area contributed by atoms with E-state index in [0.29, 0.717) is 0 Å². The number of thiol groups is 1. The molecule has 11 heavy (non-hydrogen) atoms. The van der Waals surface area contributed by atoms with Gasteiger partial charge in [0.25, 0.3) is 16.1 Å². The number of hydrogen-bond donors (Lipinski definition) is 3. The molecule has 68 valence electrons. The molecule has 5 nitrogen and oxygen atoms in total. The highest BCUT2D eigenvalue weighted by Crippen LogP contribution is 1.81. The van der Waals surface area contributed by atoms with Gasteiger partial charge in [-0.25, -0.2) is 0 Å². The SMILES string of the molecule is CC(=O)O.O=S(=O)(O)CCS. The third-order valence-electron chi connectivity index (χ3n) is 0.349. The summed E-state index contributed by atoms with van der Waals surface area (Å²) in [5.74, 6) is -0.936. The minimum absolute atomic E-state index is 0.166. The van der Waals surface area contributed by atoms with Crippen molar-refractivity contribution in [2.75, 3.05) is 11.5 Å². The van der Waals surface area contributed by atoms with E-state index in [1.807, 2.05) is 0 Å². The van der Waals surface area contributed by atoms with E-state index in [1.54, 1.807) is 0 Å². The standard InChI is InChI=1S/C2H6O3S2.C2H4O2/c3-7(4,5)2-1-6;1-2(3)4/h6H,1-2H2,(H,3,4,5);1H3,(H,3,4). The predicted molar refractivity (Wildman–Crippen MR) is 43.6 cm³/mol. The van der Waals surface area contributed by atoms with Crippen LogP contribution in [0.25, 0.3) is 0 Å². The Morgan fingerprint density at radius 2 is 1.82 bits per heavy atom. The summed E-state index contributed by atoms with van der Waals surface area (Å²) < 4.78 is 27.4. The topological polar surface area (TPSA) is 91.7 Å². The molecule has 0 saturated heterocycles. The van der Waals surface area contributed by atoms with E-state index in [2.05, 4.69) is 12.6 Å². The minimum atomic E-state index is -3.75. The molecule has 2 N–H and O–H groups in total. The summed E-state index contributed by atoms with van der Waals surface area (Å²) in [6.07, 6.45) is 0. The second-order valence-electron chi connectivity index (χ2n) is 1.53. The molecule has 0 fully saturated rings. The Morgan fingerprint density at radius 3 is 1.82 bits per heavy atom. The van der Waals surface area contributed by atoms with Gasteiger partial charge in [0.1, 0.15) is 0 Å². The van der Waals surface area contributed by atoms with Gasteiger partial charge < -0.3 is 5.11 Å². The van der Waals surface area contributed by atoms with Crippen molar-refractivity contribution >= 4 is 28.7 Å². The lowest BCUT2D eigenvalue weighted by Crippen LogP contribution is -2.03. The fraction of sp³-hybridized carbons (Fsp3) is 0.750. The van der Waals surface area contributed by atoms with Gasteiger partial charge >= 0.3 is 0 Å². The summed E-state index contributed by atoms with van der Waals surface area (Å²) in [5.41, 5.74) is 0. The molecule has 0 unspecified atom stereocenters. The van der Waals surface area contributed by atoms with Crippen molar-refractivity contribution in [3.63, 3.8) is 0 Å². The average Bonchev–Trinajstić information content (AvgIpc) is 1.58. The Balaban J connectivity index is 0. The van der Waals surface area contributed by atoms with Crippen molar-refractivity contribution in [2.24, 2.45) is 0 Å². The van der Waals surface area contributed by atoms with Crippen molar-refractivity contribution in [1.29, 1.82) is 0 Å². The highest BCUT2D eigenvalue weighted by Gasteiger charge is 1.98. The summed E-state index contributed by atoms with van der Waals surface area (Å²) in [6, 6.07) is 0. The second-order valence-corrected chi connectivity index (χ2v) is 3.55. The number of hydrogen-bond acceptors (Lipinski definition) is 4. The normalized spacial score (nSPS) is 9.73. The van der Waals surface area contributed by atoms with E-state index in [9.17, 15) is 8.42 Å². The molecular weight excluding hydrogens is 192 g/mol. The maximum Gasteiger partial charge on any atom is 0.300 e. The van der Waals surface area contributed by atoms with Crippen LogP contribution in [0, 0.1) is 0 Å². The Bertz CT molecular complexity index is 191. The first-order valence-corrected chi connectivity index (χ1v) is 4.79. The maximum absolute atomic E-state index is 9.74. The summed E-state index contributed by atoms with van der Waals surface area (Å²) in [4.78, 5) is 9.00. The molecule has 0 aliphatic carbocycles. The van der Waals surface area contributed by atoms with Gasteiger partial charge in [0, 0.05) is 12.7 Å². The fourth-order valence-corrected chi connectivity index (χ4v) is 1.04. The van der Waals surface area contributed by atoms with E-state index in [1.165, 1.54) is 0 Å². The summed E-state index contributed by atoms with van der Waals surface area (Å²) in [6.45, 7) is 1.08. The monoisotopic (exact) mass is 202 g/mol. The van der Waals surface area contributed by atoms with E-state index in [0.717, 1.165) is 6.92 Å². The molecule has 0 aromatic heterocycles. The fourth-order valence-electron chi connectivity index (χ4n) is 0.115. The summed E-state index contributed by atoms with van der Waals surface area (Å²) >= 11 is 3.57. The van der Waals surface area contributed by atoms with Crippen LogP contribution >= 0.6 is 12.6 Å². The lowest BCUT2D eigenvalue weighted by Gasteiger charge is -1.85. The zero-order chi connectivity index (χ0) is 9.49. The van der Waals surface area contributed by atoms with Crippen molar-refractivity contribution in [3.8, 4) is 0 Å². The van der Waals surface area contributed by atoms with Gasteiger partial charge in [0.05, 0.1) is 5.75 Å². The van der Waals surface area contributed by atoms with E-state index in [4.69, 9.17) is 14.5 Å². The molecule has 0 spiro atoms. The van der Waals surface area contributed by atoms with Crippen molar-refractivity contribution < 1.29 is 22.9 Å². The highest BCUT2D eigenvalue weighted by atomic mass is 32.2. The molecule has 0 bridgehead atoms. The quantitative estimate of drug-likeness (QED) is 0.429. The van der Waals surface area contributed by atoms with E-state index >= 15 is 0 Å². The van der Waals surface area contributed by atoms with E-state index < -0.39 is 16.1 Å². The van der Waals surface area contributed by atoms with Crippen LogP contribution in [0.1, 0.15) is 6.92 Å². The Morgan fingerprint density at radius 1 is 1.55 bits per heavy atom. The Labute approximate surface area is 70.6 Å². The van der Waals surface area contributed by atoms with Crippen molar-refractivity contribution in [3.05, 3.63) is 0 Å². The van der Waals surface area contributed by atoms with Gasteiger partial charge in [-0.15, -0.1) is 0 Å². The van der Waals surface area contributed by atoms with Crippen LogP contribution in [0.15, 0.2) is 0 Å². The summed E-state index contributed by atoms with van der Waals surface area (Å²) in [5, 5.41) is 7.42. The van der Waals surface area contributed by atoms with Crippen LogP contribution in [0.5, 0.6) is 0 Å². The van der Waals surface area contributed by atoms with Crippen LogP contribution in [0.4, 0.5) is 0 Å². The first-order valence-electron chi connectivity index (χ1n) is 2.55. The van der Waals surface area contributed by atoms with Crippen molar-refractivity contribution in [1.82, 2.24) is 0 Å². The number of carbonyl (C=O) groups is 1. The molecule has 0 atom stereocenters. The number of carboxylic acid groups (broad SMARTS) is 1. The number of aliphatic carboxylic acids is 1. The zero-order valence-corrected chi connectivity index (χ0v) is 7.60. The van der Waals surface area contributed by atoms with Crippen LogP contribution in [0.3, 0.4) is 0 Å². The molecular formula is C4H10O5S2. The first-order chi connectivity index (χ1) is 4.79. The Hall–Kier alpha value is -0.270. The first kappa shape index (κ1) is 13.3. The zero-order valence-electron chi connectivity index (χ0n) is 5.89. The van der Waals surface area contributed by atoms with Gasteiger partial charge in [0.15, 0.2) is 0 Å². The number of rotatable bonds is 2. The van der Waals surface area contributed by atoms with Gasteiger partial charge in [-0.3, -0.25) is 9.35 Å². The Kier molecular flexibility index (Phi) is 7.80. The molecule has 0 heterocycles. The number of carboxylic acids is 1. The largest absolute Gasteiger partial charge is 0.481 e. The second kappa shape index (κ2) is 6.44. The highest BCUT2D eigenvalue weighted by molar-refractivity contribution is 7.87. The smallest absolute Gasteiger partial charge is 0.300 e. The molecule has 0 radical (unpaired) electrons. The van der Waals surface area contributed by atoms with Gasteiger partial charge in [-0.05, 0) is 0 Å². The summed E-state index contributed by atoms with van der Waals surface area (Å²) in [7, 11) is -3.75. The lowest BCUT2D eigenvalue weighted by molar-refractivity contribution is -0.134. The van der Waals surface area contributed by atoms with Crippen molar-refractivity contribution in [2.45, 2.75) is 6.92 Å². The lowest BCUT2D eigenvalue weighted by atomic mass is 10.9. The molecule has 0 saturated carbocycles. The molecule has 0 aliphatic rings. The van der Waals surface area contributed by atoms with Gasteiger partial charge in [0.2, 0.25) is 0 Å². The minimum Gasteiger partial charge on any atom is -0.481 e. The van der Waals surface area contributed by atoms with Crippen LogP contribution < -0.4 is 0 Å². The van der Waals surface area contributed by atoms with Crippen LogP contribution in [-0.2, 0) is 14.9 Å². The molecule has 0 rings (SSSR count). The van der Waals surface area contributed by atoms with Crippen LogP contribution in [0.2, 0.25) is 0 Å². The maximum atomic E-state index is 9.74. The third-order valence-corrected chi connectivity index (χ3v) is 1.60. The molecule has 0 aromatic rings. The molecule has 0 aromatic carbocycles. The predicted octanol–water partition coefficient (Wildman–Crippen LogP) is -0.105. The third kappa shape index (κ3) is 41.8. The molecule has 0 amide bonds. The molecule has 0 aliphatic heterocycles. The van der Waals surface area contributed by atoms with Gasteiger partial charge in [-0.1, -0.05) is 0 Å². The molecule has 7 heteroatoms. The average molecular weight is 202 g/mol. The van der Waals surface area contributed by atoms with Gasteiger partial charge in [-0.2, -0.15) is 21.0 Å². The van der Waals surface area contributed by atoms with Crippen LogP contribution in [-0.4, -0.2) is 35.6 Å². The van der Waals surface area contributed by atoms with E-state index in [-0.39, 0.29) is 11.5 Å².